The van der Waals surface area contributed by atoms with Crippen molar-refractivity contribution in [2.75, 3.05) is 13.1 Å². The van der Waals surface area contributed by atoms with Gasteiger partial charge in [-0.15, -0.1) is 0 Å². The average molecular weight is 692 g/mol. The highest BCUT2D eigenvalue weighted by Gasteiger charge is 2.27. The molecule has 1 saturated heterocycles. The molecule has 2 atom stereocenters. The summed E-state index contributed by atoms with van der Waals surface area (Å²) in [6, 6.07) is 22.0. The number of nitrogens with zero attached hydrogens (tertiary/aromatic N) is 4. The van der Waals surface area contributed by atoms with Gasteiger partial charge in [0.25, 0.3) is 11.8 Å². The third-order valence-electron chi connectivity index (χ3n) is 9.56. The van der Waals surface area contributed by atoms with Crippen molar-refractivity contribution >= 4 is 17.3 Å². The molecule has 2 aromatic carbocycles. The molecule has 2 fully saturated rings. The molecule has 12 heteroatoms. The number of hydrogen-bond acceptors (Lipinski definition) is 8. The van der Waals surface area contributed by atoms with Gasteiger partial charge in [0.1, 0.15) is 22.9 Å². The fourth-order valence-corrected chi connectivity index (χ4v) is 7.16. The summed E-state index contributed by atoms with van der Waals surface area (Å²) in [6.45, 7) is 6.82. The van der Waals surface area contributed by atoms with Crippen LogP contribution in [-0.2, 0) is 6.54 Å². The Morgan fingerprint density at radius 3 is 2.35 bits per heavy atom. The lowest BCUT2D eigenvalue weighted by Crippen LogP contribution is -2.53. The highest BCUT2D eigenvalue weighted by Crippen LogP contribution is 2.32. The average Bonchev–Trinajstić information content (AvgIpc) is 3.55. The molecule has 0 unspecified atom stereocenters. The second-order valence-electron chi connectivity index (χ2n) is 13.7. The smallest absolute Gasteiger partial charge is 0.272 e. The summed E-state index contributed by atoms with van der Waals surface area (Å²) in [5, 5.41) is 24.9. The number of piperazine rings is 1. The fraction of sp³-hybridized carbons (Fsp3) is 0.333. The lowest BCUT2D eigenvalue weighted by atomic mass is 9.91. The number of hydrogen-bond donors (Lipinski definition) is 4. The first-order chi connectivity index (χ1) is 24.7. The van der Waals surface area contributed by atoms with Crippen LogP contribution >= 0.6 is 0 Å². The first-order valence-corrected chi connectivity index (χ1v) is 17.5. The Labute approximate surface area is 295 Å². The van der Waals surface area contributed by atoms with E-state index in [0.717, 1.165) is 47.6 Å². The number of benzene rings is 2. The van der Waals surface area contributed by atoms with E-state index in [1.54, 1.807) is 35.0 Å². The topological polar surface area (TPSA) is 133 Å². The number of aromatic hydroxyl groups is 1. The second-order valence-corrected chi connectivity index (χ2v) is 13.7. The van der Waals surface area contributed by atoms with E-state index in [1.165, 1.54) is 0 Å². The molecule has 2 aliphatic rings. The van der Waals surface area contributed by atoms with Gasteiger partial charge in [0.2, 0.25) is 5.88 Å². The number of carbonyl (C=O) groups excluding carboxylic acids is 2. The Balaban J connectivity index is 0.967. The van der Waals surface area contributed by atoms with E-state index in [2.05, 4.69) is 44.8 Å². The summed E-state index contributed by atoms with van der Waals surface area (Å²) in [7, 11) is 0. The molecule has 4 heterocycles. The summed E-state index contributed by atoms with van der Waals surface area (Å²) in [4.78, 5) is 32.7. The van der Waals surface area contributed by atoms with Gasteiger partial charge in [-0.25, -0.2) is 13.9 Å². The van der Waals surface area contributed by atoms with Crippen molar-refractivity contribution in [1.82, 2.24) is 35.4 Å². The summed E-state index contributed by atoms with van der Waals surface area (Å²) in [5.74, 6) is -0.752. The van der Waals surface area contributed by atoms with Gasteiger partial charge < -0.3 is 25.8 Å². The fourth-order valence-electron chi connectivity index (χ4n) is 7.16. The van der Waals surface area contributed by atoms with Crippen molar-refractivity contribution in [2.45, 2.75) is 70.2 Å². The minimum atomic E-state index is -0.653. The van der Waals surface area contributed by atoms with E-state index in [4.69, 9.17) is 4.74 Å². The molecule has 1 saturated carbocycles. The van der Waals surface area contributed by atoms with Gasteiger partial charge in [-0.3, -0.25) is 14.5 Å². The van der Waals surface area contributed by atoms with Crippen LogP contribution < -0.4 is 20.7 Å². The third kappa shape index (κ3) is 8.19. The molecule has 7 rings (SSSR count). The molecule has 1 aliphatic heterocycles. The quantitative estimate of drug-likeness (QED) is 0.155. The largest absolute Gasteiger partial charge is 0.508 e. The van der Waals surface area contributed by atoms with Crippen LogP contribution in [0.4, 0.5) is 4.39 Å². The number of ether oxygens (including phenoxy) is 1. The first kappa shape index (κ1) is 34.1. The number of rotatable bonds is 9. The van der Waals surface area contributed by atoms with Crippen LogP contribution in [0, 0.1) is 5.82 Å². The molecular formula is C39H42FN7O4. The number of fused-ring (bicyclic) bond motifs is 1. The van der Waals surface area contributed by atoms with Crippen LogP contribution in [0.5, 0.6) is 17.4 Å². The van der Waals surface area contributed by atoms with E-state index in [-0.39, 0.29) is 35.2 Å². The maximum Gasteiger partial charge on any atom is 0.272 e. The molecule has 2 amide bonds. The monoisotopic (exact) mass is 691 g/mol. The number of aromatic nitrogens is 3. The predicted molar refractivity (Wildman–Crippen MR) is 191 cm³/mol. The van der Waals surface area contributed by atoms with Crippen LogP contribution in [-0.4, -0.2) is 73.7 Å². The summed E-state index contributed by atoms with van der Waals surface area (Å²) >= 11 is 0. The number of phenols is 1. The van der Waals surface area contributed by atoms with E-state index in [0.29, 0.717) is 55.8 Å². The Hall–Kier alpha value is -5.33. The highest BCUT2D eigenvalue weighted by atomic mass is 19.1. The lowest BCUT2D eigenvalue weighted by molar-refractivity contribution is 0.0887. The first-order valence-electron chi connectivity index (χ1n) is 17.5. The molecule has 5 aromatic rings. The molecule has 3 aromatic heterocycles. The standard InChI is InChI=1S/C39H42FN7O4/c1-24-21-46(22-25(2)42-24)23-28-10-9-27(17-36(28)48)26-6-5-8-33(16-26)51-39-34(18-29(40)20-41-39)37(49)43-30-11-13-31(14-12-30)44-38(50)35-19-32-7-3-4-15-47(32)45-35/h3-10,15-20,24-25,30-31,42,48H,11-14,21-23H2,1-2H3,(H,43,49)(H,44,50)/t24-,25+,30-,31+. The molecule has 1 aliphatic carbocycles. The maximum absolute atomic E-state index is 14.4. The third-order valence-corrected chi connectivity index (χ3v) is 9.56. The SMILES string of the molecule is C[C@@H]1CN(Cc2ccc(-c3cccc(Oc4ncc(F)cc4C(=O)N[C@H]4CC[C@@H](NC(=O)c5cc6ccccn6n5)CC4)c3)cc2O)C[C@H](C)N1. The minimum absolute atomic E-state index is 0.0128. The highest BCUT2D eigenvalue weighted by molar-refractivity contribution is 5.96. The molecule has 51 heavy (non-hydrogen) atoms. The van der Waals surface area contributed by atoms with Gasteiger partial charge in [0.05, 0.1) is 11.7 Å². The molecular weight excluding hydrogens is 649 g/mol. The van der Waals surface area contributed by atoms with Crippen LogP contribution in [0.15, 0.2) is 85.2 Å². The van der Waals surface area contributed by atoms with Crippen LogP contribution in [0.25, 0.3) is 16.6 Å². The number of nitrogens with one attached hydrogen (secondary N) is 3. The predicted octanol–water partition coefficient (Wildman–Crippen LogP) is 5.69. The molecule has 4 N–H and O–H groups in total. The van der Waals surface area contributed by atoms with Gasteiger partial charge in [-0.2, -0.15) is 5.10 Å². The van der Waals surface area contributed by atoms with Crippen LogP contribution in [0.2, 0.25) is 0 Å². The maximum atomic E-state index is 14.4. The van der Waals surface area contributed by atoms with Gasteiger partial charge in [0, 0.05) is 55.6 Å². The Kier molecular flexibility index (Phi) is 9.96. The van der Waals surface area contributed by atoms with E-state index in [9.17, 15) is 19.1 Å². The number of halogens is 1. The number of phenolic OH excluding ortho intramolecular Hbond substituents is 1. The molecule has 0 bridgehead atoms. The van der Waals surface area contributed by atoms with Gasteiger partial charge >= 0.3 is 0 Å². The van der Waals surface area contributed by atoms with Gasteiger partial charge in [-0.05, 0) is 93.1 Å². The molecule has 264 valence electrons. The van der Waals surface area contributed by atoms with Crippen molar-refractivity contribution < 1.29 is 23.8 Å². The number of amides is 2. The zero-order valence-corrected chi connectivity index (χ0v) is 28.7. The Morgan fingerprint density at radius 1 is 0.902 bits per heavy atom. The van der Waals surface area contributed by atoms with Crippen LogP contribution in [0.3, 0.4) is 0 Å². The van der Waals surface area contributed by atoms with Crippen molar-refractivity contribution in [1.29, 1.82) is 0 Å². The lowest BCUT2D eigenvalue weighted by Gasteiger charge is -2.36. The second kappa shape index (κ2) is 14.9. The van der Waals surface area contributed by atoms with Gasteiger partial charge in [-0.1, -0.05) is 30.3 Å². The summed E-state index contributed by atoms with van der Waals surface area (Å²) in [5.41, 5.74) is 3.65. The zero-order valence-electron chi connectivity index (χ0n) is 28.7. The van der Waals surface area contributed by atoms with Crippen molar-refractivity contribution in [3.63, 3.8) is 0 Å². The minimum Gasteiger partial charge on any atom is -0.508 e. The van der Waals surface area contributed by atoms with Crippen molar-refractivity contribution in [3.8, 4) is 28.5 Å². The normalized spacial score (nSPS) is 20.9. The number of pyridine rings is 2. The van der Waals surface area contributed by atoms with E-state index < -0.39 is 11.7 Å². The van der Waals surface area contributed by atoms with Crippen molar-refractivity contribution in [3.05, 3.63) is 108 Å². The van der Waals surface area contributed by atoms with E-state index in [1.807, 2.05) is 42.5 Å². The Bertz CT molecular complexity index is 2000. The molecule has 11 nitrogen and oxygen atoms in total. The number of carbonyl (C=O) groups is 2. The van der Waals surface area contributed by atoms with Gasteiger partial charge in [0.15, 0.2) is 5.69 Å². The molecule has 0 spiro atoms. The van der Waals surface area contributed by atoms with Crippen LogP contribution in [0.1, 0.15) is 65.9 Å². The summed E-state index contributed by atoms with van der Waals surface area (Å²) in [6.07, 6.45) is 5.44. The van der Waals surface area contributed by atoms with Crippen molar-refractivity contribution in [2.24, 2.45) is 0 Å². The Morgan fingerprint density at radius 2 is 1.63 bits per heavy atom. The van der Waals surface area contributed by atoms with E-state index >= 15 is 0 Å². The zero-order chi connectivity index (χ0) is 35.5. The molecule has 0 radical (unpaired) electrons. The summed E-state index contributed by atoms with van der Waals surface area (Å²) < 4.78 is 22.1.